The van der Waals surface area contributed by atoms with E-state index in [9.17, 15) is 18.0 Å². The van der Waals surface area contributed by atoms with E-state index >= 15 is 0 Å². The summed E-state index contributed by atoms with van der Waals surface area (Å²) in [4.78, 5) is 11.9. The van der Waals surface area contributed by atoms with Crippen LogP contribution in [-0.2, 0) is 6.18 Å². The Kier molecular flexibility index (Phi) is 5.45. The largest absolute Gasteiger partial charge is 0.417 e. The summed E-state index contributed by atoms with van der Waals surface area (Å²) in [5.74, 6) is 4.64. The summed E-state index contributed by atoms with van der Waals surface area (Å²) in [6.07, 6.45) is -4.45. The highest BCUT2D eigenvalue weighted by atomic mass is 79.9. The van der Waals surface area contributed by atoms with Crippen molar-refractivity contribution in [3.05, 3.63) is 69.7 Å². The Labute approximate surface area is 139 Å². The first-order valence-corrected chi connectivity index (χ1v) is 7.36. The second-order valence-electron chi connectivity index (χ2n) is 4.54. The fourth-order valence-electron chi connectivity index (χ4n) is 1.83. The molecule has 0 aromatic heterocycles. The average Bonchev–Trinajstić information content (AvgIpc) is 2.51. The van der Waals surface area contributed by atoms with Crippen LogP contribution in [0.3, 0.4) is 0 Å². The van der Waals surface area contributed by atoms with Gasteiger partial charge in [0.2, 0.25) is 0 Å². The predicted octanol–water partition coefficient (Wildman–Crippen LogP) is 4.25. The van der Waals surface area contributed by atoms with Crippen LogP contribution in [0.5, 0.6) is 0 Å². The number of carbonyl (C=O) groups excluding carboxylic acids is 1. The molecule has 0 atom stereocenters. The van der Waals surface area contributed by atoms with E-state index in [1.165, 1.54) is 18.2 Å². The van der Waals surface area contributed by atoms with Crippen molar-refractivity contribution in [3.63, 3.8) is 0 Å². The van der Waals surface area contributed by atoms with Crippen molar-refractivity contribution in [1.82, 2.24) is 5.32 Å². The normalized spacial score (nSPS) is 10.6. The van der Waals surface area contributed by atoms with Crippen LogP contribution in [0.15, 0.2) is 53.0 Å². The minimum Gasteiger partial charge on any atom is -0.341 e. The van der Waals surface area contributed by atoms with Crippen LogP contribution in [0.25, 0.3) is 0 Å². The third-order valence-corrected chi connectivity index (χ3v) is 3.37. The number of hydrogen-bond acceptors (Lipinski definition) is 1. The number of benzene rings is 2. The third-order valence-electron chi connectivity index (χ3n) is 2.88. The van der Waals surface area contributed by atoms with E-state index in [2.05, 4.69) is 33.1 Å². The molecule has 0 unspecified atom stereocenters. The van der Waals surface area contributed by atoms with Crippen molar-refractivity contribution in [1.29, 1.82) is 0 Å². The molecule has 0 radical (unpaired) electrons. The van der Waals surface area contributed by atoms with Crippen LogP contribution in [0.4, 0.5) is 13.2 Å². The molecule has 0 aliphatic rings. The molecule has 0 aliphatic heterocycles. The van der Waals surface area contributed by atoms with E-state index in [-0.39, 0.29) is 18.0 Å². The van der Waals surface area contributed by atoms with Crippen molar-refractivity contribution in [2.45, 2.75) is 6.18 Å². The first-order valence-electron chi connectivity index (χ1n) is 6.57. The van der Waals surface area contributed by atoms with Crippen molar-refractivity contribution in [3.8, 4) is 11.8 Å². The predicted molar refractivity (Wildman–Crippen MR) is 84.8 cm³/mol. The molecule has 2 nitrogen and oxygen atoms in total. The minimum atomic E-state index is -4.45. The number of rotatable bonds is 2. The number of hydrogen-bond donors (Lipinski definition) is 1. The molecule has 0 aliphatic carbocycles. The Morgan fingerprint density at radius 2 is 1.87 bits per heavy atom. The lowest BCUT2D eigenvalue weighted by molar-refractivity contribution is -0.137. The van der Waals surface area contributed by atoms with Gasteiger partial charge in [0.05, 0.1) is 12.1 Å². The molecule has 2 aromatic carbocycles. The van der Waals surface area contributed by atoms with Crippen molar-refractivity contribution >= 4 is 21.8 Å². The molecule has 0 heterocycles. The monoisotopic (exact) mass is 381 g/mol. The minimum absolute atomic E-state index is 0.0441. The Balaban J connectivity index is 2.03. The zero-order chi connectivity index (χ0) is 16.9. The highest BCUT2D eigenvalue weighted by Gasteiger charge is 2.32. The number of amides is 1. The zero-order valence-corrected chi connectivity index (χ0v) is 13.3. The first kappa shape index (κ1) is 17.1. The smallest absolute Gasteiger partial charge is 0.341 e. The Morgan fingerprint density at radius 3 is 2.57 bits per heavy atom. The van der Waals surface area contributed by atoms with Gasteiger partial charge < -0.3 is 5.32 Å². The van der Waals surface area contributed by atoms with Crippen molar-refractivity contribution in [2.75, 3.05) is 6.54 Å². The van der Waals surface area contributed by atoms with E-state index in [1.807, 2.05) is 0 Å². The number of carbonyl (C=O) groups is 1. The highest BCUT2D eigenvalue weighted by molar-refractivity contribution is 9.10. The van der Waals surface area contributed by atoms with Gasteiger partial charge in [-0.3, -0.25) is 4.79 Å². The van der Waals surface area contributed by atoms with Gasteiger partial charge in [0.15, 0.2) is 0 Å². The molecule has 0 saturated heterocycles. The Bertz CT molecular complexity index is 775. The molecule has 0 fully saturated rings. The first-order chi connectivity index (χ1) is 10.9. The molecule has 23 heavy (non-hydrogen) atoms. The fourth-order valence-corrected chi connectivity index (χ4v) is 2.23. The summed E-state index contributed by atoms with van der Waals surface area (Å²) in [6, 6.07) is 11.8. The molecule has 2 aromatic rings. The van der Waals surface area contributed by atoms with E-state index in [1.54, 1.807) is 24.3 Å². The summed E-state index contributed by atoms with van der Waals surface area (Å²) >= 11 is 3.25. The standard InChI is InChI=1S/C17H11BrF3NO/c18-14-8-3-6-13(11-14)16(23)22-10-4-7-12-5-1-2-9-15(12)17(19,20)21/h1-3,5-6,8-9,11H,10H2,(H,22,23). The van der Waals surface area contributed by atoms with Gasteiger partial charge in [-0.05, 0) is 30.3 Å². The average molecular weight is 382 g/mol. The van der Waals surface area contributed by atoms with E-state index < -0.39 is 11.7 Å². The second kappa shape index (κ2) is 7.34. The van der Waals surface area contributed by atoms with E-state index in [4.69, 9.17) is 0 Å². The van der Waals surface area contributed by atoms with Crippen molar-refractivity contribution < 1.29 is 18.0 Å². The topological polar surface area (TPSA) is 29.1 Å². The quantitative estimate of drug-likeness (QED) is 0.774. The fraction of sp³-hybridized carbons (Fsp3) is 0.118. The lowest BCUT2D eigenvalue weighted by Gasteiger charge is -2.08. The van der Waals surface area contributed by atoms with Gasteiger partial charge in [-0.25, -0.2) is 0 Å². The zero-order valence-electron chi connectivity index (χ0n) is 11.7. The van der Waals surface area contributed by atoms with E-state index in [0.717, 1.165) is 10.5 Å². The lowest BCUT2D eigenvalue weighted by atomic mass is 10.1. The number of nitrogens with one attached hydrogen (secondary N) is 1. The highest BCUT2D eigenvalue weighted by Crippen LogP contribution is 2.31. The van der Waals surface area contributed by atoms with Gasteiger partial charge in [0, 0.05) is 15.6 Å². The summed E-state index contributed by atoms with van der Waals surface area (Å²) in [5, 5.41) is 2.54. The van der Waals surface area contributed by atoms with Gasteiger partial charge in [-0.2, -0.15) is 13.2 Å². The van der Waals surface area contributed by atoms with Crippen LogP contribution in [0.1, 0.15) is 21.5 Å². The molecule has 0 saturated carbocycles. The Hall–Kier alpha value is -2.26. The lowest BCUT2D eigenvalue weighted by Crippen LogP contribution is -2.23. The van der Waals surface area contributed by atoms with Gasteiger partial charge in [-0.15, -0.1) is 0 Å². The van der Waals surface area contributed by atoms with Gasteiger partial charge in [-0.1, -0.05) is 46.0 Å². The third kappa shape index (κ3) is 4.86. The van der Waals surface area contributed by atoms with Crippen LogP contribution in [-0.4, -0.2) is 12.5 Å². The van der Waals surface area contributed by atoms with Crippen LogP contribution >= 0.6 is 15.9 Å². The van der Waals surface area contributed by atoms with Crippen molar-refractivity contribution in [2.24, 2.45) is 0 Å². The maximum Gasteiger partial charge on any atom is 0.417 e. The maximum absolute atomic E-state index is 12.8. The second-order valence-corrected chi connectivity index (χ2v) is 5.45. The molecular weight excluding hydrogens is 371 g/mol. The summed E-state index contributed by atoms with van der Waals surface area (Å²) in [5.41, 5.74) is -0.459. The van der Waals surface area contributed by atoms with Gasteiger partial charge in [0.25, 0.3) is 5.91 Å². The number of halogens is 4. The van der Waals surface area contributed by atoms with E-state index in [0.29, 0.717) is 5.56 Å². The van der Waals surface area contributed by atoms with Crippen LogP contribution in [0, 0.1) is 11.8 Å². The summed E-state index contributed by atoms with van der Waals surface area (Å²) in [6.45, 7) is -0.0441. The molecular formula is C17H11BrF3NO. The summed E-state index contributed by atoms with van der Waals surface area (Å²) < 4.78 is 39.2. The maximum atomic E-state index is 12.8. The van der Waals surface area contributed by atoms with Crippen LogP contribution < -0.4 is 5.32 Å². The van der Waals surface area contributed by atoms with Gasteiger partial charge >= 0.3 is 6.18 Å². The van der Waals surface area contributed by atoms with Gasteiger partial charge in [0.1, 0.15) is 0 Å². The molecule has 2 rings (SSSR count). The molecule has 0 bridgehead atoms. The molecule has 0 spiro atoms. The number of alkyl halides is 3. The molecule has 6 heteroatoms. The summed E-state index contributed by atoms with van der Waals surface area (Å²) in [7, 11) is 0. The molecule has 1 N–H and O–H groups in total. The molecule has 1 amide bonds. The van der Waals surface area contributed by atoms with Crippen LogP contribution in [0.2, 0.25) is 0 Å². The molecule has 118 valence electrons. The Morgan fingerprint density at radius 1 is 1.13 bits per heavy atom. The SMILES string of the molecule is O=C(NCC#Cc1ccccc1C(F)(F)F)c1cccc(Br)c1.